The van der Waals surface area contributed by atoms with Crippen LogP contribution in [0, 0.1) is 0 Å². The first kappa shape index (κ1) is 12.0. The van der Waals surface area contributed by atoms with Crippen molar-refractivity contribution in [3.8, 4) is 0 Å². The van der Waals surface area contributed by atoms with Gasteiger partial charge in [0.25, 0.3) is 5.91 Å². The third kappa shape index (κ3) is 3.21. The van der Waals surface area contributed by atoms with Crippen molar-refractivity contribution in [2.45, 2.75) is 0 Å². The monoisotopic (exact) mass is 227 g/mol. The van der Waals surface area contributed by atoms with E-state index in [1.807, 2.05) is 24.4 Å². The Balaban J connectivity index is 2.57. The number of carbonyl (C=O) groups is 1. The van der Waals surface area contributed by atoms with E-state index in [-0.39, 0.29) is 5.91 Å². The molecule has 0 aliphatic carbocycles. The quantitative estimate of drug-likeness (QED) is 0.833. The zero-order chi connectivity index (χ0) is 11.4. The normalized spacial score (nSPS) is 10.7. The van der Waals surface area contributed by atoms with Gasteiger partial charge in [-0.3, -0.25) is 4.79 Å². The lowest BCUT2D eigenvalue weighted by Crippen LogP contribution is -2.33. The van der Waals surface area contributed by atoms with Crippen LogP contribution >= 0.6 is 11.3 Å². The Morgan fingerprint density at radius 1 is 1.40 bits per heavy atom. The lowest BCUT2D eigenvalue weighted by atomic mass is 10.3. The first-order valence-electron chi connectivity index (χ1n) is 4.75. The van der Waals surface area contributed by atoms with E-state index in [2.05, 4.69) is 0 Å². The number of nitrogen functional groups attached to an aromatic ring is 1. The van der Waals surface area contributed by atoms with Crippen LogP contribution in [0.1, 0.15) is 9.67 Å². The Hall–Kier alpha value is -1.07. The molecule has 0 fully saturated rings. The van der Waals surface area contributed by atoms with Crippen LogP contribution in [0.4, 0.5) is 5.69 Å². The lowest BCUT2D eigenvalue weighted by molar-refractivity contribution is 0.0792. The van der Waals surface area contributed by atoms with Gasteiger partial charge in [0, 0.05) is 20.1 Å². The minimum absolute atomic E-state index is 0.00403. The maximum atomic E-state index is 11.9. The molecule has 84 valence electrons. The summed E-state index contributed by atoms with van der Waals surface area (Å²) in [4.78, 5) is 16.3. The highest BCUT2D eigenvalue weighted by molar-refractivity contribution is 7.12. The molecule has 2 N–H and O–H groups in total. The molecule has 0 saturated heterocycles. The minimum atomic E-state index is 0.00403. The SMILES string of the molecule is CN(C)CCN(C)C(=O)c1sccc1N. The van der Waals surface area contributed by atoms with Gasteiger partial charge in [0.2, 0.25) is 0 Å². The number of carbonyl (C=O) groups excluding carboxylic acids is 1. The molecule has 0 spiro atoms. The highest BCUT2D eigenvalue weighted by Gasteiger charge is 2.15. The fourth-order valence-electron chi connectivity index (χ4n) is 1.12. The highest BCUT2D eigenvalue weighted by atomic mass is 32.1. The molecule has 0 saturated carbocycles. The van der Waals surface area contributed by atoms with Crippen LogP contribution in [-0.4, -0.2) is 49.9 Å². The van der Waals surface area contributed by atoms with Crippen molar-refractivity contribution >= 4 is 22.9 Å². The molecular weight excluding hydrogens is 210 g/mol. The molecule has 1 amide bonds. The molecule has 0 unspecified atom stereocenters. The van der Waals surface area contributed by atoms with Gasteiger partial charge < -0.3 is 15.5 Å². The molecule has 0 radical (unpaired) electrons. The summed E-state index contributed by atoms with van der Waals surface area (Å²) in [6.45, 7) is 1.57. The molecule has 0 aliphatic rings. The van der Waals surface area contributed by atoms with Gasteiger partial charge in [0.15, 0.2) is 0 Å². The summed E-state index contributed by atoms with van der Waals surface area (Å²) in [6.07, 6.45) is 0. The Morgan fingerprint density at radius 3 is 2.53 bits per heavy atom. The van der Waals surface area contributed by atoms with Gasteiger partial charge in [-0.25, -0.2) is 0 Å². The van der Waals surface area contributed by atoms with Gasteiger partial charge in [-0.05, 0) is 25.5 Å². The fourth-order valence-corrected chi connectivity index (χ4v) is 1.93. The number of thiophene rings is 1. The maximum Gasteiger partial charge on any atom is 0.265 e. The van der Waals surface area contributed by atoms with E-state index < -0.39 is 0 Å². The van der Waals surface area contributed by atoms with Crippen LogP contribution in [0.25, 0.3) is 0 Å². The molecule has 0 bridgehead atoms. The van der Waals surface area contributed by atoms with Crippen molar-refractivity contribution in [1.82, 2.24) is 9.80 Å². The second kappa shape index (κ2) is 5.14. The summed E-state index contributed by atoms with van der Waals surface area (Å²) in [5.74, 6) is 0.00403. The zero-order valence-electron chi connectivity index (χ0n) is 9.36. The molecule has 0 aliphatic heterocycles. The average molecular weight is 227 g/mol. The van der Waals surface area contributed by atoms with Gasteiger partial charge >= 0.3 is 0 Å². The number of anilines is 1. The van der Waals surface area contributed by atoms with Gasteiger partial charge in [-0.1, -0.05) is 0 Å². The fraction of sp³-hybridized carbons (Fsp3) is 0.500. The predicted octanol–water partition coefficient (Wildman–Crippen LogP) is 0.964. The molecule has 0 atom stereocenters. The van der Waals surface area contributed by atoms with Crippen LogP contribution in [0.3, 0.4) is 0 Å². The largest absolute Gasteiger partial charge is 0.397 e. The highest BCUT2D eigenvalue weighted by Crippen LogP contribution is 2.20. The Labute approximate surface area is 94.3 Å². The van der Waals surface area contributed by atoms with Crippen LogP contribution in [0.5, 0.6) is 0 Å². The first-order valence-corrected chi connectivity index (χ1v) is 5.63. The number of nitrogens with zero attached hydrogens (tertiary/aromatic N) is 2. The van der Waals surface area contributed by atoms with E-state index in [1.165, 1.54) is 11.3 Å². The third-order valence-corrected chi connectivity index (χ3v) is 3.04. The Morgan fingerprint density at radius 2 is 2.07 bits per heavy atom. The van der Waals surface area contributed by atoms with Crippen LogP contribution in [-0.2, 0) is 0 Å². The number of likely N-dealkylation sites (N-methyl/N-ethyl adjacent to an activating group) is 2. The summed E-state index contributed by atoms with van der Waals surface area (Å²) in [7, 11) is 5.76. The van der Waals surface area contributed by atoms with Crippen molar-refractivity contribution in [2.24, 2.45) is 0 Å². The Kier molecular flexibility index (Phi) is 4.11. The second-order valence-corrected chi connectivity index (χ2v) is 4.65. The molecule has 5 heteroatoms. The van der Waals surface area contributed by atoms with E-state index in [0.29, 0.717) is 17.1 Å². The average Bonchev–Trinajstić information content (AvgIpc) is 2.59. The minimum Gasteiger partial charge on any atom is -0.397 e. The van der Waals surface area contributed by atoms with Crippen LogP contribution in [0.15, 0.2) is 11.4 Å². The molecule has 4 nitrogen and oxygen atoms in total. The molecule has 1 aromatic rings. The van der Waals surface area contributed by atoms with E-state index in [0.717, 1.165) is 6.54 Å². The lowest BCUT2D eigenvalue weighted by Gasteiger charge is -2.19. The van der Waals surface area contributed by atoms with Crippen LogP contribution in [0.2, 0.25) is 0 Å². The number of hydrogen-bond acceptors (Lipinski definition) is 4. The van der Waals surface area contributed by atoms with Gasteiger partial charge in [-0.2, -0.15) is 0 Å². The number of amides is 1. The van der Waals surface area contributed by atoms with E-state index >= 15 is 0 Å². The molecule has 1 heterocycles. The van der Waals surface area contributed by atoms with E-state index in [1.54, 1.807) is 18.0 Å². The summed E-state index contributed by atoms with van der Waals surface area (Å²) >= 11 is 1.39. The van der Waals surface area contributed by atoms with E-state index in [9.17, 15) is 4.79 Å². The second-order valence-electron chi connectivity index (χ2n) is 3.74. The van der Waals surface area contributed by atoms with Gasteiger partial charge in [0.05, 0.1) is 5.69 Å². The van der Waals surface area contributed by atoms with Crippen molar-refractivity contribution in [3.05, 3.63) is 16.3 Å². The summed E-state index contributed by atoms with van der Waals surface area (Å²) in [6, 6.07) is 1.76. The Bertz CT molecular complexity index is 335. The molecule has 0 aromatic carbocycles. The number of nitrogens with two attached hydrogens (primary N) is 1. The number of rotatable bonds is 4. The molecule has 15 heavy (non-hydrogen) atoms. The van der Waals surface area contributed by atoms with E-state index in [4.69, 9.17) is 5.73 Å². The molecular formula is C10H17N3OS. The zero-order valence-corrected chi connectivity index (χ0v) is 10.2. The predicted molar refractivity (Wildman–Crippen MR) is 64.2 cm³/mol. The molecule has 1 rings (SSSR count). The standard InChI is InChI=1S/C10H17N3OS/c1-12(2)5-6-13(3)10(14)9-8(11)4-7-15-9/h4,7H,5-6,11H2,1-3H3. The summed E-state index contributed by atoms with van der Waals surface area (Å²) in [5.41, 5.74) is 6.26. The topological polar surface area (TPSA) is 49.6 Å². The smallest absolute Gasteiger partial charge is 0.265 e. The summed E-state index contributed by atoms with van der Waals surface area (Å²) in [5, 5.41) is 1.84. The first-order chi connectivity index (χ1) is 7.02. The van der Waals surface area contributed by atoms with Gasteiger partial charge in [-0.15, -0.1) is 11.3 Å². The van der Waals surface area contributed by atoms with Gasteiger partial charge in [0.1, 0.15) is 4.88 Å². The van der Waals surface area contributed by atoms with Crippen molar-refractivity contribution in [2.75, 3.05) is 40.0 Å². The van der Waals surface area contributed by atoms with Crippen molar-refractivity contribution < 1.29 is 4.79 Å². The van der Waals surface area contributed by atoms with Crippen LogP contribution < -0.4 is 5.73 Å². The van der Waals surface area contributed by atoms with Crippen molar-refractivity contribution in [1.29, 1.82) is 0 Å². The maximum absolute atomic E-state index is 11.9. The number of hydrogen-bond donors (Lipinski definition) is 1. The van der Waals surface area contributed by atoms with Crippen molar-refractivity contribution in [3.63, 3.8) is 0 Å². The summed E-state index contributed by atoms with van der Waals surface area (Å²) < 4.78 is 0. The third-order valence-electron chi connectivity index (χ3n) is 2.12. The molecule has 1 aromatic heterocycles.